The molecule has 2 amide bonds. The van der Waals surface area contributed by atoms with Crippen LogP contribution < -0.4 is 5.32 Å². The number of aromatic hydroxyl groups is 4. The molecule has 108 valence electrons. The number of hydrogen-bond donors (Lipinski definition) is 5. The van der Waals surface area contributed by atoms with Crippen LogP contribution >= 0.6 is 0 Å². The van der Waals surface area contributed by atoms with Crippen molar-refractivity contribution < 1.29 is 30.0 Å². The predicted octanol–water partition coefficient (Wildman–Crippen LogP) is 1.08. The number of hydrogen-bond acceptors (Lipinski definition) is 6. The van der Waals surface area contributed by atoms with Crippen LogP contribution in [0.1, 0.15) is 20.7 Å². The van der Waals surface area contributed by atoms with Crippen LogP contribution in [0.15, 0.2) is 36.4 Å². The summed E-state index contributed by atoms with van der Waals surface area (Å²) in [6.45, 7) is 0. The molecule has 0 bridgehead atoms. The van der Waals surface area contributed by atoms with Gasteiger partial charge in [0.1, 0.15) is 23.0 Å². The van der Waals surface area contributed by atoms with Crippen molar-refractivity contribution in [3.05, 3.63) is 47.5 Å². The molecule has 0 unspecified atom stereocenters. The van der Waals surface area contributed by atoms with Crippen molar-refractivity contribution >= 4 is 11.8 Å². The minimum Gasteiger partial charge on any atom is -0.508 e. The monoisotopic (exact) mass is 289 g/mol. The smallest absolute Gasteiger partial charge is 0.261 e. The second-order valence-corrected chi connectivity index (χ2v) is 4.19. The van der Waals surface area contributed by atoms with Gasteiger partial charge in [0.2, 0.25) is 0 Å². The lowest BCUT2D eigenvalue weighted by molar-refractivity contribution is 0.0847. The van der Waals surface area contributed by atoms with E-state index in [2.05, 4.69) is 0 Å². The first-order valence-corrected chi connectivity index (χ1v) is 5.78. The molecule has 0 saturated heterocycles. The predicted molar refractivity (Wildman–Crippen MR) is 71.3 cm³/mol. The van der Waals surface area contributed by atoms with E-state index in [1.807, 2.05) is 5.32 Å². The highest BCUT2D eigenvalue weighted by Gasteiger charge is 2.18. The molecule has 0 fully saturated rings. The molecule has 0 aliphatic heterocycles. The minimum atomic E-state index is -0.898. The lowest BCUT2D eigenvalue weighted by Gasteiger charge is -2.07. The molecule has 0 spiro atoms. The Morgan fingerprint density at radius 1 is 0.714 bits per heavy atom. The molecule has 0 heterocycles. The van der Waals surface area contributed by atoms with Crippen molar-refractivity contribution in [2.75, 3.05) is 0 Å². The van der Waals surface area contributed by atoms with E-state index >= 15 is 0 Å². The second-order valence-electron chi connectivity index (χ2n) is 4.19. The number of nitrogens with one attached hydrogen (secondary N) is 1. The van der Waals surface area contributed by atoms with Gasteiger partial charge in [-0.3, -0.25) is 14.9 Å². The third-order valence-corrected chi connectivity index (χ3v) is 2.68. The van der Waals surface area contributed by atoms with E-state index < -0.39 is 23.3 Å². The van der Waals surface area contributed by atoms with Crippen molar-refractivity contribution in [3.8, 4) is 23.0 Å². The number of carbonyl (C=O) groups excluding carboxylic acids is 2. The number of benzene rings is 2. The molecule has 0 aliphatic rings. The largest absolute Gasteiger partial charge is 0.508 e. The molecule has 7 heteroatoms. The van der Waals surface area contributed by atoms with Crippen molar-refractivity contribution in [2.24, 2.45) is 0 Å². The Morgan fingerprint density at radius 3 is 1.43 bits per heavy atom. The van der Waals surface area contributed by atoms with E-state index in [1.165, 1.54) is 12.1 Å². The first-order chi connectivity index (χ1) is 9.88. The van der Waals surface area contributed by atoms with Crippen LogP contribution in [-0.2, 0) is 0 Å². The molecule has 7 nitrogen and oxygen atoms in total. The van der Waals surface area contributed by atoms with Crippen LogP contribution in [0, 0.1) is 0 Å². The molecule has 0 aromatic heterocycles. The number of carbonyl (C=O) groups is 2. The molecule has 2 rings (SSSR count). The summed E-state index contributed by atoms with van der Waals surface area (Å²) in [5, 5.41) is 39.3. The summed E-state index contributed by atoms with van der Waals surface area (Å²) < 4.78 is 0. The molecule has 0 saturated carbocycles. The molecule has 0 atom stereocenters. The van der Waals surface area contributed by atoms with E-state index in [4.69, 9.17) is 10.2 Å². The van der Waals surface area contributed by atoms with Crippen LogP contribution in [0.3, 0.4) is 0 Å². The van der Waals surface area contributed by atoms with Gasteiger partial charge in [0.25, 0.3) is 11.8 Å². The summed E-state index contributed by atoms with van der Waals surface area (Å²) in [7, 11) is 0. The Balaban J connectivity index is 2.21. The average molecular weight is 289 g/mol. The quantitative estimate of drug-likeness (QED) is 0.526. The van der Waals surface area contributed by atoms with Crippen molar-refractivity contribution in [1.29, 1.82) is 0 Å². The molecule has 21 heavy (non-hydrogen) atoms. The zero-order chi connectivity index (χ0) is 15.6. The van der Waals surface area contributed by atoms with Gasteiger partial charge in [-0.15, -0.1) is 0 Å². The van der Waals surface area contributed by atoms with Gasteiger partial charge in [-0.05, 0) is 24.3 Å². The highest BCUT2D eigenvalue weighted by atomic mass is 16.3. The summed E-state index contributed by atoms with van der Waals surface area (Å²) >= 11 is 0. The maximum absolute atomic E-state index is 11.8. The standard InChI is InChI=1S/C14H11NO6/c16-7-1-3-9(11(18)5-7)13(20)15-14(21)10-4-2-8(17)6-12(10)19/h1-6,16-19H,(H,15,20,21). The average Bonchev–Trinajstić information content (AvgIpc) is 2.37. The first-order valence-electron chi connectivity index (χ1n) is 5.78. The summed E-state index contributed by atoms with van der Waals surface area (Å²) in [5.41, 5.74) is -0.418. The van der Waals surface area contributed by atoms with Gasteiger partial charge in [-0.25, -0.2) is 0 Å². The second kappa shape index (κ2) is 5.41. The first kappa shape index (κ1) is 14.2. The maximum Gasteiger partial charge on any atom is 0.261 e. The fraction of sp³-hybridized carbons (Fsp3) is 0. The Labute approximate surface area is 118 Å². The van der Waals surface area contributed by atoms with E-state index in [1.54, 1.807) is 0 Å². The van der Waals surface area contributed by atoms with Gasteiger partial charge in [0.15, 0.2) is 0 Å². The molecule has 2 aromatic rings. The van der Waals surface area contributed by atoms with E-state index in [0.29, 0.717) is 0 Å². The SMILES string of the molecule is O=C(NC(=O)c1ccc(O)cc1O)c1ccc(O)cc1O. The lowest BCUT2D eigenvalue weighted by atomic mass is 10.1. The molecule has 5 N–H and O–H groups in total. The highest BCUT2D eigenvalue weighted by molar-refractivity contribution is 6.12. The van der Waals surface area contributed by atoms with Gasteiger partial charge in [-0.2, -0.15) is 0 Å². The Hall–Kier alpha value is -3.22. The van der Waals surface area contributed by atoms with Crippen LogP contribution in [0.2, 0.25) is 0 Å². The lowest BCUT2D eigenvalue weighted by Crippen LogP contribution is -2.30. The number of imide groups is 1. The Bertz CT molecular complexity index is 664. The summed E-state index contributed by atoms with van der Waals surface area (Å²) in [6.07, 6.45) is 0. The molecular weight excluding hydrogens is 278 g/mol. The van der Waals surface area contributed by atoms with Crippen molar-refractivity contribution in [1.82, 2.24) is 5.32 Å². The van der Waals surface area contributed by atoms with E-state index in [-0.39, 0.29) is 22.6 Å². The van der Waals surface area contributed by atoms with E-state index in [0.717, 1.165) is 24.3 Å². The molecule has 2 aromatic carbocycles. The molecule has 0 radical (unpaired) electrons. The minimum absolute atomic E-state index is 0.209. The zero-order valence-electron chi connectivity index (χ0n) is 10.6. The van der Waals surface area contributed by atoms with Crippen LogP contribution in [0.25, 0.3) is 0 Å². The van der Waals surface area contributed by atoms with Gasteiger partial charge in [0.05, 0.1) is 11.1 Å². The zero-order valence-corrected chi connectivity index (χ0v) is 10.6. The maximum atomic E-state index is 11.8. The van der Waals surface area contributed by atoms with Gasteiger partial charge in [0, 0.05) is 12.1 Å². The number of amides is 2. The van der Waals surface area contributed by atoms with Crippen LogP contribution in [0.5, 0.6) is 23.0 Å². The molecular formula is C14H11NO6. The van der Waals surface area contributed by atoms with Crippen molar-refractivity contribution in [3.63, 3.8) is 0 Å². The number of phenolic OH excluding ortho intramolecular Hbond substituents is 4. The van der Waals surface area contributed by atoms with Crippen molar-refractivity contribution in [2.45, 2.75) is 0 Å². The van der Waals surface area contributed by atoms with Gasteiger partial charge < -0.3 is 20.4 Å². The fourth-order valence-corrected chi connectivity index (χ4v) is 1.66. The molecule has 0 aliphatic carbocycles. The van der Waals surface area contributed by atoms with Crippen LogP contribution in [0.4, 0.5) is 0 Å². The third kappa shape index (κ3) is 3.03. The Morgan fingerprint density at radius 2 is 1.10 bits per heavy atom. The Kier molecular flexibility index (Phi) is 3.66. The topological polar surface area (TPSA) is 127 Å². The third-order valence-electron chi connectivity index (χ3n) is 2.68. The normalized spacial score (nSPS) is 10.1. The number of phenols is 4. The van der Waals surface area contributed by atoms with Gasteiger partial charge >= 0.3 is 0 Å². The van der Waals surface area contributed by atoms with E-state index in [9.17, 15) is 19.8 Å². The summed E-state index contributed by atoms with van der Waals surface area (Å²) in [5.74, 6) is -3.24. The summed E-state index contributed by atoms with van der Waals surface area (Å²) in [4.78, 5) is 23.7. The number of rotatable bonds is 2. The fourth-order valence-electron chi connectivity index (χ4n) is 1.66. The summed E-state index contributed by atoms with van der Waals surface area (Å²) in [6, 6.07) is 6.55. The highest BCUT2D eigenvalue weighted by Crippen LogP contribution is 2.24. The van der Waals surface area contributed by atoms with Crippen LogP contribution in [-0.4, -0.2) is 32.2 Å². The van der Waals surface area contributed by atoms with Gasteiger partial charge in [-0.1, -0.05) is 0 Å².